The molecule has 0 bridgehead atoms. The summed E-state index contributed by atoms with van der Waals surface area (Å²) in [6, 6.07) is 0. The average molecular weight is 269 g/mol. The van der Waals surface area contributed by atoms with Gasteiger partial charge >= 0.3 is 0 Å². The molecule has 0 nitrogen and oxygen atoms in total. The summed E-state index contributed by atoms with van der Waals surface area (Å²) in [5, 5.41) is 4.88. The van der Waals surface area contributed by atoms with Crippen LogP contribution in [0.5, 0.6) is 0 Å². The van der Waals surface area contributed by atoms with E-state index < -0.39 is 16.1 Å². The van der Waals surface area contributed by atoms with Crippen molar-refractivity contribution < 1.29 is 0 Å². The van der Waals surface area contributed by atoms with Crippen LogP contribution in [-0.2, 0) is 0 Å². The molecule has 0 amide bonds. The minimum Gasteiger partial charge on any atom is -0.0935 e. The molecule has 0 saturated carbocycles. The van der Waals surface area contributed by atoms with Crippen molar-refractivity contribution in [2.75, 3.05) is 0 Å². The lowest BCUT2D eigenvalue weighted by Crippen LogP contribution is -2.77. The zero-order valence-corrected chi connectivity index (χ0v) is 12.9. The van der Waals surface area contributed by atoms with E-state index in [1.54, 1.807) is 0 Å². The van der Waals surface area contributed by atoms with Gasteiger partial charge in [-0.3, -0.25) is 0 Å². The maximum atomic E-state index is 2.65. The van der Waals surface area contributed by atoms with Crippen LogP contribution in [0.1, 0.15) is 0 Å². The van der Waals surface area contributed by atoms with E-state index in [2.05, 4.69) is 47.1 Å². The predicted octanol–water partition coefficient (Wildman–Crippen LogP) is 2.05. The number of rotatable bonds is 0. The van der Waals surface area contributed by atoms with Crippen LogP contribution in [0.3, 0.4) is 0 Å². The van der Waals surface area contributed by atoms with Crippen LogP contribution in [-0.4, -0.2) is 31.9 Å². The van der Waals surface area contributed by atoms with E-state index in [9.17, 15) is 0 Å². The first kappa shape index (κ1) is 8.02. The summed E-state index contributed by atoms with van der Waals surface area (Å²) in [5.74, 6) is 0. The van der Waals surface area contributed by atoms with Crippen molar-refractivity contribution in [2.24, 2.45) is 0 Å². The van der Waals surface area contributed by atoms with Crippen molar-refractivity contribution in [3.05, 3.63) is 47.1 Å². The zero-order valence-electron chi connectivity index (χ0n) is 8.93. The average Bonchev–Trinajstić information content (AvgIpc) is 2.08. The Hall–Kier alpha value is -0.172. The minimum atomic E-state index is -0.785. The number of hydrogen-bond acceptors (Lipinski definition) is 0. The Bertz CT molecular complexity index is 515. The molecule has 0 aliphatic carbocycles. The largest absolute Gasteiger partial charge is 0.115 e. The van der Waals surface area contributed by atoms with Crippen molar-refractivity contribution in [3.63, 3.8) is 0 Å². The first-order chi connectivity index (χ1) is 7.87. The smallest absolute Gasteiger partial charge is 0.0935 e. The Labute approximate surface area is 99.6 Å². The van der Waals surface area contributed by atoms with E-state index in [-0.39, 0.29) is 15.8 Å². The van der Waals surface area contributed by atoms with Gasteiger partial charge in [-0.1, -0.05) is 47.1 Å². The van der Waals surface area contributed by atoms with Crippen molar-refractivity contribution in [2.45, 2.75) is 20.7 Å². The minimum absolute atomic E-state index is 0.0787. The quantitative estimate of drug-likeness (QED) is 0.590. The summed E-state index contributed by atoms with van der Waals surface area (Å²) in [6.45, 7) is 0. The second kappa shape index (κ2) is 1.98. The van der Waals surface area contributed by atoms with E-state index in [1.807, 2.05) is 0 Å². The molecule has 0 unspecified atom stereocenters. The van der Waals surface area contributed by atoms with Crippen molar-refractivity contribution in [1.29, 1.82) is 0 Å². The monoisotopic (exact) mass is 268 g/mol. The van der Waals surface area contributed by atoms with E-state index in [1.165, 1.54) is 20.7 Å². The fourth-order valence-corrected chi connectivity index (χ4v) is 47.5. The Morgan fingerprint density at radius 1 is 0.562 bits per heavy atom. The lowest BCUT2D eigenvalue weighted by molar-refractivity contribution is 1.07. The first-order valence-electron chi connectivity index (χ1n) is 6.38. The Morgan fingerprint density at radius 2 is 0.875 bits per heavy atom. The summed E-state index contributed by atoms with van der Waals surface area (Å²) in [5.41, 5.74) is 10.6. The molecule has 2 spiro atoms. The van der Waals surface area contributed by atoms with Gasteiger partial charge in [-0.2, -0.15) is 0 Å². The van der Waals surface area contributed by atoms with Crippen molar-refractivity contribution in [3.8, 4) is 0 Å². The van der Waals surface area contributed by atoms with Crippen molar-refractivity contribution in [1.82, 2.24) is 0 Å². The van der Waals surface area contributed by atoms with Gasteiger partial charge in [0.2, 0.25) is 0 Å². The fraction of sp³-hybridized carbons (Fsp3) is 0.333. The summed E-state index contributed by atoms with van der Waals surface area (Å²) >= 11 is 0. The third-order valence-corrected chi connectivity index (χ3v) is 37.3. The lowest BCUT2D eigenvalue weighted by atomic mass is 10.6. The van der Waals surface area contributed by atoms with Gasteiger partial charge in [0, 0.05) is 0 Å². The summed E-state index contributed by atoms with van der Waals surface area (Å²) < 4.78 is 0. The van der Waals surface area contributed by atoms with E-state index in [0.717, 1.165) is 0 Å². The van der Waals surface area contributed by atoms with Gasteiger partial charge in [0.25, 0.3) is 0 Å². The fourth-order valence-electron chi connectivity index (χ4n) is 4.98. The second-order valence-electron chi connectivity index (χ2n) is 6.26. The molecule has 16 heavy (non-hydrogen) atoms. The normalized spacial score (nSPS) is 63.5. The third kappa shape index (κ3) is 0.495. The maximum Gasteiger partial charge on any atom is 0.115 e. The number of allylic oxidation sites excluding steroid dienone is 4. The van der Waals surface area contributed by atoms with Gasteiger partial charge in [-0.15, -0.1) is 0 Å². The zero-order chi connectivity index (χ0) is 10.1. The molecule has 6 aliphatic rings. The topological polar surface area (TPSA) is 0 Å². The molecule has 0 radical (unpaired) electrons. The van der Waals surface area contributed by atoms with Crippen LogP contribution in [0.2, 0.25) is 20.7 Å². The molecular weight excluding hydrogens is 256 g/mol. The standard InChI is InChI=1S/C12H12Si4/c1-5-15-6-2-10(15)13(9(1)15)14-11-3-7-16(11)8-4-12(14)16/h1-12H/t9-,10-,11-,12-,15?,16?/m0/s1. The van der Waals surface area contributed by atoms with Gasteiger partial charge in [-0.05, 0) is 36.4 Å². The highest BCUT2D eigenvalue weighted by molar-refractivity contribution is 7.35. The summed E-state index contributed by atoms with van der Waals surface area (Å²) in [7, 11) is -1.41. The molecule has 4 atom stereocenters. The SMILES string of the molecule is C1=C[Si]23C=C[C@H]2[Si](=[Si]2[C@@H]4C=C[Si]45C=C[C@@H]25)[C@H]13. The molecule has 0 aromatic carbocycles. The predicted molar refractivity (Wildman–Crippen MR) is 74.6 cm³/mol. The van der Waals surface area contributed by atoms with Crippen molar-refractivity contribution >= 4 is 31.9 Å². The highest BCUT2D eigenvalue weighted by atomic mass is 28.9. The summed E-state index contributed by atoms with van der Waals surface area (Å²) in [4.78, 5) is 0. The Kier molecular flexibility index (Phi) is 0.993. The van der Waals surface area contributed by atoms with Gasteiger partial charge in [-0.25, -0.2) is 0 Å². The van der Waals surface area contributed by atoms with E-state index in [0.29, 0.717) is 0 Å². The molecule has 4 heteroatoms. The van der Waals surface area contributed by atoms with Gasteiger partial charge in [0.1, 0.15) is 16.1 Å². The van der Waals surface area contributed by atoms with Gasteiger partial charge in [0.15, 0.2) is 0 Å². The molecule has 76 valence electrons. The van der Waals surface area contributed by atoms with Crippen LogP contribution < -0.4 is 0 Å². The highest BCUT2D eigenvalue weighted by Crippen LogP contribution is 2.67. The molecule has 0 aromatic rings. The maximum absolute atomic E-state index is 2.65. The van der Waals surface area contributed by atoms with E-state index >= 15 is 0 Å². The molecule has 6 heterocycles. The van der Waals surface area contributed by atoms with Crippen LogP contribution in [0.15, 0.2) is 47.1 Å². The number of hydrogen-bond donors (Lipinski definition) is 0. The molecule has 6 rings (SSSR count). The Balaban J connectivity index is 1.59. The molecule has 2 saturated heterocycles. The van der Waals surface area contributed by atoms with Crippen LogP contribution in [0.4, 0.5) is 0 Å². The van der Waals surface area contributed by atoms with Crippen LogP contribution >= 0.6 is 0 Å². The van der Waals surface area contributed by atoms with Crippen LogP contribution in [0, 0.1) is 0 Å². The Morgan fingerprint density at radius 3 is 1.06 bits per heavy atom. The first-order valence-corrected chi connectivity index (χ1v) is 15.3. The third-order valence-electron chi connectivity index (χ3n) is 6.14. The molecule has 2 fully saturated rings. The molecule has 6 aliphatic heterocycles. The molecular formula is C12H12Si4. The van der Waals surface area contributed by atoms with Crippen LogP contribution in [0.25, 0.3) is 0 Å². The summed E-state index contributed by atoms with van der Waals surface area (Å²) in [6.07, 6.45) is 10.5. The lowest BCUT2D eigenvalue weighted by Gasteiger charge is -2.69. The highest BCUT2D eigenvalue weighted by Gasteiger charge is 2.71. The van der Waals surface area contributed by atoms with Gasteiger partial charge < -0.3 is 0 Å². The van der Waals surface area contributed by atoms with Gasteiger partial charge in [0.05, 0.1) is 0 Å². The second-order valence-corrected chi connectivity index (χ2v) is 24.2. The molecule has 0 N–H and O–H groups in total. The van der Waals surface area contributed by atoms with E-state index in [4.69, 9.17) is 0 Å². The molecule has 0 aromatic heterocycles.